The number of methoxy groups -OCH3 is 1. The van der Waals surface area contributed by atoms with Crippen molar-refractivity contribution in [3.05, 3.63) is 147 Å². The Balaban J connectivity index is 1.93. The summed E-state index contributed by atoms with van der Waals surface area (Å²) in [6.07, 6.45) is 29.9. The van der Waals surface area contributed by atoms with Crippen LogP contribution in [-0.4, -0.2) is 19.0 Å². The number of carbonyl (C=O) groups is 1. The maximum absolute atomic E-state index is 12.6. The van der Waals surface area contributed by atoms with Crippen LogP contribution in [0.15, 0.2) is 125 Å². The number of hydrogen-bond donors (Lipinski definition) is 0. The lowest BCUT2D eigenvalue weighted by atomic mass is 9.71. The highest BCUT2D eigenvalue weighted by Gasteiger charge is 2.37. The molecule has 1 aliphatic carbocycles. The van der Waals surface area contributed by atoms with E-state index in [1.54, 1.807) is 7.11 Å². The van der Waals surface area contributed by atoms with Crippen LogP contribution >= 0.6 is 0 Å². The van der Waals surface area contributed by atoms with E-state index >= 15 is 0 Å². The molecule has 0 saturated carbocycles. The van der Waals surface area contributed by atoms with E-state index in [1.165, 1.54) is 39.0 Å². The molecule has 0 aromatic heterocycles. The van der Waals surface area contributed by atoms with E-state index in [0.717, 1.165) is 16.7 Å². The van der Waals surface area contributed by atoms with Gasteiger partial charge in [-0.15, -0.1) is 0 Å². The van der Waals surface area contributed by atoms with E-state index in [9.17, 15) is 4.79 Å². The maximum Gasteiger partial charge on any atom is 0.187 e. The fourth-order valence-corrected chi connectivity index (χ4v) is 5.02. The van der Waals surface area contributed by atoms with Crippen molar-refractivity contribution < 1.29 is 9.53 Å². The molecule has 0 N–H and O–H groups in total. The molecule has 228 valence electrons. The molecule has 0 fully saturated rings. The Hall–Kier alpha value is -3.75. The van der Waals surface area contributed by atoms with Crippen molar-refractivity contribution in [3.63, 3.8) is 0 Å². The highest BCUT2D eigenvalue weighted by Crippen LogP contribution is 2.40. The molecule has 2 heteroatoms. The van der Waals surface area contributed by atoms with Gasteiger partial charge in [0.15, 0.2) is 5.78 Å². The quantitative estimate of drug-likeness (QED) is 0.245. The molecule has 0 heterocycles. The summed E-state index contributed by atoms with van der Waals surface area (Å²) in [4.78, 5) is 12.6. The Kier molecular flexibility index (Phi) is 13.8. The number of benzene rings is 1. The predicted octanol–water partition coefficient (Wildman–Crippen LogP) is 11.0. The highest BCUT2D eigenvalue weighted by molar-refractivity contribution is 6.00. The fourth-order valence-electron chi connectivity index (χ4n) is 5.02. The summed E-state index contributed by atoms with van der Waals surface area (Å²) in [5.74, 6) is 0.0944. The topological polar surface area (TPSA) is 26.3 Å². The van der Waals surface area contributed by atoms with Gasteiger partial charge >= 0.3 is 0 Å². The van der Waals surface area contributed by atoms with E-state index < -0.39 is 0 Å². The maximum atomic E-state index is 12.6. The second kappa shape index (κ2) is 16.8. The van der Waals surface area contributed by atoms with Crippen molar-refractivity contribution in [1.29, 1.82) is 0 Å². The van der Waals surface area contributed by atoms with Crippen LogP contribution in [0.4, 0.5) is 0 Å². The number of hydrogen-bond acceptors (Lipinski definition) is 2. The summed E-state index contributed by atoms with van der Waals surface area (Å²) >= 11 is 0. The van der Waals surface area contributed by atoms with Crippen LogP contribution in [0.1, 0.15) is 77.1 Å². The van der Waals surface area contributed by atoms with Gasteiger partial charge < -0.3 is 4.74 Å². The molecule has 1 atom stereocenters. The lowest BCUT2D eigenvalue weighted by Gasteiger charge is -2.36. The minimum absolute atomic E-state index is 0.0944. The number of aryl methyl sites for hydroxylation is 1. The minimum Gasteiger partial charge on any atom is -0.373 e. The molecular formula is C41H52O2. The van der Waals surface area contributed by atoms with Gasteiger partial charge in [0.2, 0.25) is 0 Å². The van der Waals surface area contributed by atoms with Gasteiger partial charge in [-0.2, -0.15) is 0 Å². The molecule has 1 aromatic carbocycles. The van der Waals surface area contributed by atoms with Gasteiger partial charge in [-0.3, -0.25) is 4.79 Å². The van der Waals surface area contributed by atoms with Crippen LogP contribution in [0.25, 0.3) is 6.08 Å². The first-order valence-corrected chi connectivity index (χ1v) is 15.2. The Labute approximate surface area is 262 Å². The monoisotopic (exact) mass is 576 g/mol. The largest absolute Gasteiger partial charge is 0.373 e. The van der Waals surface area contributed by atoms with E-state index in [1.807, 2.05) is 6.92 Å². The van der Waals surface area contributed by atoms with Crippen molar-refractivity contribution >= 4 is 11.9 Å². The first-order chi connectivity index (χ1) is 20.3. The van der Waals surface area contributed by atoms with Crippen LogP contribution in [0.3, 0.4) is 0 Å². The summed E-state index contributed by atoms with van der Waals surface area (Å²) in [5.41, 5.74) is 11.8. The van der Waals surface area contributed by atoms with E-state index in [4.69, 9.17) is 4.74 Å². The van der Waals surface area contributed by atoms with Crippen molar-refractivity contribution in [2.75, 3.05) is 7.11 Å². The molecule has 0 bridgehead atoms. The standard InChI is InChI=1S/C41H52O2/c1-29(18-14-20-31(3)22-25-37-26-24-33(5)34(6)35(37)7)16-12-13-17-30(2)19-15-21-32(4)23-27-38-36(8)40(42)39(43-11)28-41(38,9)10/h12-27,39H,28H2,1-11H3. The molecule has 1 unspecified atom stereocenters. The van der Waals surface area contributed by atoms with Crippen LogP contribution < -0.4 is 0 Å². The average Bonchev–Trinajstić information content (AvgIpc) is 2.95. The molecule has 0 saturated heterocycles. The van der Waals surface area contributed by atoms with Crippen molar-refractivity contribution in [1.82, 2.24) is 0 Å². The molecule has 1 aliphatic rings. The lowest BCUT2D eigenvalue weighted by Crippen LogP contribution is -2.37. The molecule has 0 spiro atoms. The van der Waals surface area contributed by atoms with Gasteiger partial charge in [-0.1, -0.05) is 133 Å². The van der Waals surface area contributed by atoms with E-state index in [0.29, 0.717) is 6.42 Å². The summed E-state index contributed by atoms with van der Waals surface area (Å²) in [6.45, 7) is 21.2. The Morgan fingerprint density at radius 2 is 1.21 bits per heavy atom. The average molecular weight is 577 g/mol. The Morgan fingerprint density at radius 3 is 1.74 bits per heavy atom. The lowest BCUT2D eigenvalue weighted by molar-refractivity contribution is -0.127. The van der Waals surface area contributed by atoms with Gasteiger partial charge in [0.25, 0.3) is 0 Å². The third-order valence-corrected chi connectivity index (χ3v) is 8.18. The number of rotatable bonds is 11. The number of ether oxygens (including phenoxy) is 1. The predicted molar refractivity (Wildman–Crippen MR) is 188 cm³/mol. The molecule has 1 aromatic rings. The molecule has 0 radical (unpaired) electrons. The molecule has 2 nitrogen and oxygen atoms in total. The van der Waals surface area contributed by atoms with Gasteiger partial charge in [0.05, 0.1) is 0 Å². The van der Waals surface area contributed by atoms with Crippen molar-refractivity contribution in [2.24, 2.45) is 5.41 Å². The van der Waals surface area contributed by atoms with Crippen molar-refractivity contribution in [2.45, 2.75) is 81.8 Å². The summed E-state index contributed by atoms with van der Waals surface area (Å²) in [7, 11) is 1.61. The Bertz CT molecular complexity index is 1470. The third kappa shape index (κ3) is 11.1. The first-order valence-electron chi connectivity index (χ1n) is 15.2. The second-order valence-corrected chi connectivity index (χ2v) is 12.3. The van der Waals surface area contributed by atoms with Gasteiger partial charge in [-0.25, -0.2) is 0 Å². The number of allylic oxidation sites excluding steroid dienone is 18. The summed E-state index contributed by atoms with van der Waals surface area (Å²) in [5, 5.41) is 0. The summed E-state index contributed by atoms with van der Waals surface area (Å²) < 4.78 is 5.41. The van der Waals surface area contributed by atoms with E-state index in [2.05, 4.69) is 160 Å². The van der Waals surface area contributed by atoms with Gasteiger partial charge in [0.1, 0.15) is 6.10 Å². The zero-order valence-corrected chi connectivity index (χ0v) is 28.3. The van der Waals surface area contributed by atoms with Gasteiger partial charge in [0, 0.05) is 7.11 Å². The Morgan fingerprint density at radius 1 is 0.721 bits per heavy atom. The highest BCUT2D eigenvalue weighted by atomic mass is 16.5. The molecule has 2 rings (SSSR count). The minimum atomic E-state index is -0.343. The fraction of sp³-hybridized carbons (Fsp3) is 0.341. The zero-order valence-electron chi connectivity index (χ0n) is 28.3. The number of carbonyl (C=O) groups excluding carboxylic acids is 1. The number of Topliss-reactive ketones (excluding diaryl/α,β-unsaturated/α-hetero) is 1. The normalized spacial score (nSPS) is 19.5. The van der Waals surface area contributed by atoms with Crippen LogP contribution in [0.5, 0.6) is 0 Å². The molecule has 0 amide bonds. The molecular weight excluding hydrogens is 524 g/mol. The summed E-state index contributed by atoms with van der Waals surface area (Å²) in [6, 6.07) is 4.38. The van der Waals surface area contributed by atoms with Crippen molar-refractivity contribution in [3.8, 4) is 0 Å². The SMILES string of the molecule is COC1CC(C)(C)C(C=CC(C)=CC=CC(C)=CC=CC=C(C)C=CC=C(C)C=Cc2ccc(C)c(C)c2C)=C(C)C1=O. The van der Waals surface area contributed by atoms with Gasteiger partial charge in [-0.05, 0) is 101 Å². The van der Waals surface area contributed by atoms with Crippen LogP contribution in [-0.2, 0) is 9.53 Å². The number of ketones is 1. The third-order valence-electron chi connectivity index (χ3n) is 8.18. The van der Waals surface area contributed by atoms with Crippen LogP contribution in [0, 0.1) is 26.2 Å². The molecule has 0 aliphatic heterocycles. The second-order valence-electron chi connectivity index (χ2n) is 12.3. The zero-order chi connectivity index (χ0) is 32.2. The first kappa shape index (κ1) is 35.4. The van der Waals surface area contributed by atoms with E-state index in [-0.39, 0.29) is 17.3 Å². The molecule has 43 heavy (non-hydrogen) atoms. The van der Waals surface area contributed by atoms with Crippen LogP contribution in [0.2, 0.25) is 0 Å². The smallest absolute Gasteiger partial charge is 0.187 e.